The molecule has 0 atom stereocenters. The van der Waals surface area contributed by atoms with Gasteiger partial charge in [-0.3, -0.25) is 9.59 Å². The van der Waals surface area contributed by atoms with Crippen molar-refractivity contribution in [3.05, 3.63) is 35.1 Å². The molecule has 0 bridgehead atoms. The van der Waals surface area contributed by atoms with Gasteiger partial charge in [0.25, 0.3) is 5.91 Å². The van der Waals surface area contributed by atoms with E-state index in [-0.39, 0.29) is 18.2 Å². The van der Waals surface area contributed by atoms with Crippen LogP contribution in [0.2, 0.25) is 0 Å². The molecule has 1 aromatic carbocycles. The second-order valence-electron chi connectivity index (χ2n) is 4.64. The number of halogens is 3. The van der Waals surface area contributed by atoms with Crippen LogP contribution in [-0.2, 0) is 4.79 Å². The van der Waals surface area contributed by atoms with Gasteiger partial charge >= 0.3 is 0 Å². The number of rotatable bonds is 4. The van der Waals surface area contributed by atoms with Gasteiger partial charge in [0.1, 0.15) is 0 Å². The van der Waals surface area contributed by atoms with E-state index in [1.165, 1.54) is 7.05 Å². The molecule has 2 amide bonds. The second kappa shape index (κ2) is 6.40. The molecule has 0 aliphatic heterocycles. The molecule has 1 aromatic rings. The summed E-state index contributed by atoms with van der Waals surface area (Å²) in [6, 6.07) is 1.10. The van der Waals surface area contributed by atoms with E-state index in [2.05, 4.69) is 5.32 Å². The molecule has 0 heterocycles. The third-order valence-corrected chi connectivity index (χ3v) is 2.41. The molecule has 0 radical (unpaired) electrons. The molecule has 0 fully saturated rings. The van der Waals surface area contributed by atoms with Gasteiger partial charge in [-0.2, -0.15) is 0 Å². The van der Waals surface area contributed by atoms with Crippen molar-refractivity contribution in [1.82, 2.24) is 10.2 Å². The summed E-state index contributed by atoms with van der Waals surface area (Å²) in [5.74, 6) is -5.72. The minimum Gasteiger partial charge on any atom is -0.352 e. The Labute approximate surface area is 114 Å². The number of carbonyl (C=O) groups is 2. The monoisotopic (exact) mass is 288 g/mol. The van der Waals surface area contributed by atoms with Gasteiger partial charge in [-0.25, -0.2) is 13.2 Å². The molecule has 7 heteroatoms. The van der Waals surface area contributed by atoms with Crippen LogP contribution >= 0.6 is 0 Å². The number of nitrogens with one attached hydrogen (secondary N) is 1. The summed E-state index contributed by atoms with van der Waals surface area (Å²) in [4.78, 5) is 24.3. The predicted octanol–water partition coefficient (Wildman–Crippen LogP) is 1.70. The van der Waals surface area contributed by atoms with Gasteiger partial charge < -0.3 is 10.2 Å². The van der Waals surface area contributed by atoms with Gasteiger partial charge in [0.15, 0.2) is 17.5 Å². The van der Waals surface area contributed by atoms with Crippen molar-refractivity contribution in [2.45, 2.75) is 19.9 Å². The van der Waals surface area contributed by atoms with Gasteiger partial charge in [0.2, 0.25) is 5.91 Å². The fraction of sp³-hybridized carbons (Fsp3) is 0.385. The second-order valence-corrected chi connectivity index (χ2v) is 4.64. The summed E-state index contributed by atoms with van der Waals surface area (Å²) in [5, 5.41) is 2.57. The largest absolute Gasteiger partial charge is 0.352 e. The summed E-state index contributed by atoms with van der Waals surface area (Å²) in [7, 11) is 1.31. The van der Waals surface area contributed by atoms with Crippen LogP contribution in [0.15, 0.2) is 12.1 Å². The SMILES string of the molecule is CC(C)NC(=O)CN(C)C(=O)c1cc(F)c(F)c(F)c1. The average molecular weight is 288 g/mol. The van der Waals surface area contributed by atoms with Crippen molar-refractivity contribution in [2.75, 3.05) is 13.6 Å². The van der Waals surface area contributed by atoms with Crippen LogP contribution in [0.1, 0.15) is 24.2 Å². The van der Waals surface area contributed by atoms with E-state index < -0.39 is 29.3 Å². The van der Waals surface area contributed by atoms with Crippen LogP contribution in [0.4, 0.5) is 13.2 Å². The summed E-state index contributed by atoms with van der Waals surface area (Å²) < 4.78 is 38.9. The lowest BCUT2D eigenvalue weighted by Crippen LogP contribution is -2.40. The minimum absolute atomic E-state index is 0.0910. The maximum absolute atomic E-state index is 13.0. The van der Waals surface area contributed by atoms with E-state index in [4.69, 9.17) is 0 Å². The first-order valence-electron chi connectivity index (χ1n) is 5.91. The first-order valence-corrected chi connectivity index (χ1v) is 5.91. The molecule has 0 aliphatic rings. The molecule has 4 nitrogen and oxygen atoms in total. The summed E-state index contributed by atoms with van der Waals surface area (Å²) in [6.45, 7) is 3.24. The fourth-order valence-corrected chi connectivity index (χ4v) is 1.55. The fourth-order valence-electron chi connectivity index (χ4n) is 1.55. The van der Waals surface area contributed by atoms with Gasteiger partial charge in [0.05, 0.1) is 6.54 Å². The van der Waals surface area contributed by atoms with E-state index in [9.17, 15) is 22.8 Å². The quantitative estimate of drug-likeness (QED) is 0.857. The van der Waals surface area contributed by atoms with Crippen LogP contribution in [0.5, 0.6) is 0 Å². The average Bonchev–Trinajstić information content (AvgIpc) is 2.33. The molecule has 0 spiro atoms. The first-order chi connectivity index (χ1) is 9.22. The lowest BCUT2D eigenvalue weighted by molar-refractivity contribution is -0.122. The number of likely N-dealkylation sites (N-methyl/N-ethyl adjacent to an activating group) is 1. The number of amides is 2. The third kappa shape index (κ3) is 3.97. The molecule has 20 heavy (non-hydrogen) atoms. The Bertz CT molecular complexity index is 509. The number of carbonyl (C=O) groups excluding carboxylic acids is 2. The Morgan fingerprint density at radius 3 is 2.15 bits per heavy atom. The minimum atomic E-state index is -1.64. The zero-order chi connectivity index (χ0) is 15.4. The van der Waals surface area contributed by atoms with E-state index >= 15 is 0 Å². The Kier molecular flexibility index (Phi) is 5.12. The highest BCUT2D eigenvalue weighted by Gasteiger charge is 2.19. The zero-order valence-electron chi connectivity index (χ0n) is 11.3. The maximum atomic E-state index is 13.0. The van der Waals surface area contributed by atoms with E-state index in [1.54, 1.807) is 13.8 Å². The Hall–Kier alpha value is -2.05. The number of nitrogens with zero attached hydrogens (tertiary/aromatic N) is 1. The molecular weight excluding hydrogens is 273 g/mol. The molecule has 110 valence electrons. The lowest BCUT2D eigenvalue weighted by atomic mass is 10.2. The van der Waals surface area contributed by atoms with Crippen molar-refractivity contribution in [2.24, 2.45) is 0 Å². The van der Waals surface area contributed by atoms with Crippen molar-refractivity contribution in [3.63, 3.8) is 0 Å². The molecule has 0 aromatic heterocycles. The Balaban J connectivity index is 2.82. The number of benzene rings is 1. The van der Waals surface area contributed by atoms with E-state index in [1.807, 2.05) is 0 Å². The van der Waals surface area contributed by atoms with Crippen molar-refractivity contribution < 1.29 is 22.8 Å². The van der Waals surface area contributed by atoms with Crippen LogP contribution < -0.4 is 5.32 Å². The smallest absolute Gasteiger partial charge is 0.254 e. The van der Waals surface area contributed by atoms with Crippen LogP contribution in [0.25, 0.3) is 0 Å². The van der Waals surface area contributed by atoms with Gasteiger partial charge in [-0.1, -0.05) is 0 Å². The van der Waals surface area contributed by atoms with E-state index in [0.717, 1.165) is 4.90 Å². The summed E-state index contributed by atoms with van der Waals surface area (Å²) in [5.41, 5.74) is -0.360. The number of hydrogen-bond acceptors (Lipinski definition) is 2. The Morgan fingerprint density at radius 2 is 1.70 bits per heavy atom. The van der Waals surface area contributed by atoms with Crippen molar-refractivity contribution in [3.8, 4) is 0 Å². The normalized spacial score (nSPS) is 10.6. The van der Waals surface area contributed by atoms with Crippen LogP contribution in [0.3, 0.4) is 0 Å². The van der Waals surface area contributed by atoms with Gasteiger partial charge in [-0.05, 0) is 26.0 Å². The van der Waals surface area contributed by atoms with Gasteiger partial charge in [-0.15, -0.1) is 0 Å². The van der Waals surface area contributed by atoms with Crippen molar-refractivity contribution in [1.29, 1.82) is 0 Å². The zero-order valence-corrected chi connectivity index (χ0v) is 11.3. The topological polar surface area (TPSA) is 49.4 Å². The molecule has 0 unspecified atom stereocenters. The standard InChI is InChI=1S/C13H15F3N2O2/c1-7(2)17-11(19)6-18(3)13(20)8-4-9(14)12(16)10(15)5-8/h4-5,7H,6H2,1-3H3,(H,17,19). The molecule has 1 rings (SSSR count). The first kappa shape index (κ1) is 16.0. The molecule has 0 saturated carbocycles. The maximum Gasteiger partial charge on any atom is 0.254 e. The summed E-state index contributed by atoms with van der Waals surface area (Å²) >= 11 is 0. The van der Waals surface area contributed by atoms with Crippen molar-refractivity contribution >= 4 is 11.8 Å². The van der Waals surface area contributed by atoms with E-state index in [0.29, 0.717) is 12.1 Å². The summed E-state index contributed by atoms with van der Waals surface area (Å²) in [6.07, 6.45) is 0. The molecule has 1 N–H and O–H groups in total. The highest BCUT2D eigenvalue weighted by Crippen LogP contribution is 2.14. The predicted molar refractivity (Wildman–Crippen MR) is 66.6 cm³/mol. The highest BCUT2D eigenvalue weighted by atomic mass is 19.2. The molecule has 0 aliphatic carbocycles. The molecular formula is C13H15F3N2O2. The molecule has 0 saturated heterocycles. The van der Waals surface area contributed by atoms with Gasteiger partial charge in [0, 0.05) is 18.7 Å². The van der Waals surface area contributed by atoms with Crippen LogP contribution in [-0.4, -0.2) is 36.3 Å². The third-order valence-electron chi connectivity index (χ3n) is 2.41. The Morgan fingerprint density at radius 1 is 1.20 bits per heavy atom. The number of hydrogen-bond donors (Lipinski definition) is 1. The van der Waals surface area contributed by atoms with Crippen LogP contribution in [0, 0.1) is 17.5 Å². The lowest BCUT2D eigenvalue weighted by Gasteiger charge is -2.18. The highest BCUT2D eigenvalue weighted by molar-refractivity contribution is 5.96.